The van der Waals surface area contributed by atoms with Gasteiger partial charge < -0.3 is 9.80 Å². The Morgan fingerprint density at radius 2 is 2.12 bits per heavy atom. The highest BCUT2D eigenvalue weighted by Crippen LogP contribution is 2.27. The van der Waals surface area contributed by atoms with Crippen molar-refractivity contribution in [2.45, 2.75) is 25.3 Å². The van der Waals surface area contributed by atoms with Gasteiger partial charge in [-0.25, -0.2) is 0 Å². The summed E-state index contributed by atoms with van der Waals surface area (Å²) in [5.41, 5.74) is 2.48. The maximum atomic E-state index is 13.0. The molecule has 3 heterocycles. The summed E-state index contributed by atoms with van der Waals surface area (Å²) in [6.45, 7) is 2.16. The maximum Gasteiger partial charge on any atom is 0.254 e. The van der Waals surface area contributed by atoms with Crippen molar-refractivity contribution in [3.63, 3.8) is 0 Å². The van der Waals surface area contributed by atoms with Crippen molar-refractivity contribution in [2.24, 2.45) is 0 Å². The first-order chi connectivity index (χ1) is 11.7. The third-order valence-corrected chi connectivity index (χ3v) is 4.97. The molecule has 0 radical (unpaired) electrons. The van der Waals surface area contributed by atoms with Gasteiger partial charge in [0.1, 0.15) is 0 Å². The Balaban J connectivity index is 1.54. The highest BCUT2D eigenvalue weighted by molar-refractivity contribution is 6.01. The topological polar surface area (TPSA) is 69.3 Å². The number of amides is 2. The summed E-state index contributed by atoms with van der Waals surface area (Å²) in [6, 6.07) is 7.78. The predicted octanol–water partition coefficient (Wildman–Crippen LogP) is 1.91. The Labute approximate surface area is 140 Å². The van der Waals surface area contributed by atoms with Gasteiger partial charge in [0.15, 0.2) is 0 Å². The van der Waals surface area contributed by atoms with Crippen LogP contribution in [0.25, 0.3) is 11.1 Å². The molecule has 1 atom stereocenters. The van der Waals surface area contributed by atoms with Crippen LogP contribution in [0, 0.1) is 0 Å². The van der Waals surface area contributed by atoms with Gasteiger partial charge >= 0.3 is 0 Å². The van der Waals surface area contributed by atoms with Gasteiger partial charge in [-0.05, 0) is 24.5 Å². The van der Waals surface area contributed by atoms with Gasteiger partial charge in [-0.1, -0.05) is 18.2 Å². The van der Waals surface area contributed by atoms with Gasteiger partial charge in [0, 0.05) is 43.4 Å². The van der Waals surface area contributed by atoms with Crippen molar-refractivity contribution in [3.8, 4) is 11.1 Å². The van der Waals surface area contributed by atoms with Crippen molar-refractivity contribution in [2.75, 3.05) is 19.6 Å². The van der Waals surface area contributed by atoms with Crippen molar-refractivity contribution in [3.05, 3.63) is 42.2 Å². The molecule has 2 amide bonds. The fraction of sp³-hybridized carbons (Fsp3) is 0.389. The van der Waals surface area contributed by atoms with E-state index >= 15 is 0 Å². The van der Waals surface area contributed by atoms with E-state index in [1.807, 2.05) is 34.1 Å². The molecular formula is C18H20N4O2. The van der Waals surface area contributed by atoms with Crippen LogP contribution >= 0.6 is 0 Å². The molecule has 4 rings (SSSR count). The van der Waals surface area contributed by atoms with Crippen molar-refractivity contribution in [1.29, 1.82) is 0 Å². The Kier molecular flexibility index (Phi) is 3.80. The lowest BCUT2D eigenvalue weighted by molar-refractivity contribution is -0.129. The second-order valence-electron chi connectivity index (χ2n) is 6.42. The largest absolute Gasteiger partial charge is 0.338 e. The number of carbonyl (C=O) groups is 2. The van der Waals surface area contributed by atoms with Crippen LogP contribution in [-0.4, -0.2) is 57.5 Å². The quantitative estimate of drug-likeness (QED) is 0.938. The average molecular weight is 324 g/mol. The molecule has 124 valence electrons. The highest BCUT2D eigenvalue weighted by Gasteiger charge is 2.35. The number of hydrogen-bond donors (Lipinski definition) is 1. The van der Waals surface area contributed by atoms with Gasteiger partial charge in [-0.2, -0.15) is 5.10 Å². The fourth-order valence-corrected chi connectivity index (χ4v) is 3.73. The van der Waals surface area contributed by atoms with E-state index in [1.54, 1.807) is 12.4 Å². The lowest BCUT2D eigenvalue weighted by atomic mass is 10.0. The summed E-state index contributed by atoms with van der Waals surface area (Å²) in [4.78, 5) is 28.8. The maximum absolute atomic E-state index is 13.0. The SMILES string of the molecule is O=C(c1ccccc1-c1cn[nH]c1)N1CCC(N2CCCC2=O)C1. The summed E-state index contributed by atoms with van der Waals surface area (Å²) in [5.74, 6) is 0.258. The average Bonchev–Trinajstić information content (AvgIpc) is 3.35. The van der Waals surface area contributed by atoms with E-state index in [2.05, 4.69) is 10.2 Å². The number of benzene rings is 1. The molecule has 0 saturated carbocycles. The number of aromatic nitrogens is 2. The van der Waals surface area contributed by atoms with Gasteiger partial charge in [-0.3, -0.25) is 14.7 Å². The molecule has 2 saturated heterocycles. The molecule has 2 aromatic rings. The van der Waals surface area contributed by atoms with Crippen LogP contribution in [0.2, 0.25) is 0 Å². The molecule has 0 spiro atoms. The number of hydrogen-bond acceptors (Lipinski definition) is 3. The van der Waals surface area contributed by atoms with Crippen LogP contribution in [0.1, 0.15) is 29.6 Å². The number of aromatic amines is 1. The second-order valence-corrected chi connectivity index (χ2v) is 6.42. The summed E-state index contributed by atoms with van der Waals surface area (Å²) in [5, 5.41) is 6.77. The molecule has 0 aliphatic carbocycles. The molecular weight excluding hydrogens is 304 g/mol. The van der Waals surface area contributed by atoms with Crippen molar-refractivity contribution in [1.82, 2.24) is 20.0 Å². The molecule has 0 bridgehead atoms. The van der Waals surface area contributed by atoms with E-state index in [-0.39, 0.29) is 17.9 Å². The zero-order valence-corrected chi connectivity index (χ0v) is 13.4. The lowest BCUT2D eigenvalue weighted by Crippen LogP contribution is -2.39. The molecule has 1 aromatic heterocycles. The van der Waals surface area contributed by atoms with Crippen LogP contribution in [0.15, 0.2) is 36.7 Å². The molecule has 6 nitrogen and oxygen atoms in total. The van der Waals surface area contributed by atoms with Gasteiger partial charge in [0.05, 0.1) is 12.2 Å². The Morgan fingerprint density at radius 3 is 2.88 bits per heavy atom. The van der Waals surface area contributed by atoms with Gasteiger partial charge in [-0.15, -0.1) is 0 Å². The highest BCUT2D eigenvalue weighted by atomic mass is 16.2. The summed E-state index contributed by atoms with van der Waals surface area (Å²) in [7, 11) is 0. The van der Waals surface area contributed by atoms with Crippen molar-refractivity contribution >= 4 is 11.8 Å². The smallest absolute Gasteiger partial charge is 0.254 e. The third-order valence-electron chi connectivity index (χ3n) is 4.97. The van der Waals surface area contributed by atoms with E-state index in [0.717, 1.165) is 30.5 Å². The molecule has 2 fully saturated rings. The van der Waals surface area contributed by atoms with E-state index in [0.29, 0.717) is 25.1 Å². The third kappa shape index (κ3) is 2.58. The number of likely N-dealkylation sites (tertiary alicyclic amines) is 2. The molecule has 2 aliphatic heterocycles. The van der Waals surface area contributed by atoms with Gasteiger partial charge in [0.25, 0.3) is 5.91 Å². The van der Waals surface area contributed by atoms with E-state index in [1.165, 1.54) is 0 Å². The number of nitrogens with one attached hydrogen (secondary N) is 1. The summed E-state index contributed by atoms with van der Waals surface area (Å²) >= 11 is 0. The minimum atomic E-state index is 0.0287. The van der Waals surface area contributed by atoms with Crippen LogP contribution < -0.4 is 0 Å². The van der Waals surface area contributed by atoms with Crippen LogP contribution in [-0.2, 0) is 4.79 Å². The number of rotatable bonds is 3. The minimum Gasteiger partial charge on any atom is -0.338 e. The molecule has 1 unspecified atom stereocenters. The Morgan fingerprint density at radius 1 is 1.25 bits per heavy atom. The fourth-order valence-electron chi connectivity index (χ4n) is 3.73. The summed E-state index contributed by atoms with van der Waals surface area (Å²) < 4.78 is 0. The molecule has 1 aromatic carbocycles. The van der Waals surface area contributed by atoms with E-state index < -0.39 is 0 Å². The van der Waals surface area contributed by atoms with Crippen molar-refractivity contribution < 1.29 is 9.59 Å². The summed E-state index contributed by atoms with van der Waals surface area (Å²) in [6.07, 6.45) is 5.97. The predicted molar refractivity (Wildman–Crippen MR) is 89.3 cm³/mol. The monoisotopic (exact) mass is 324 g/mol. The minimum absolute atomic E-state index is 0.0287. The zero-order chi connectivity index (χ0) is 16.5. The van der Waals surface area contributed by atoms with Crippen LogP contribution in [0.5, 0.6) is 0 Å². The first kappa shape index (κ1) is 14.9. The molecule has 6 heteroatoms. The number of nitrogens with zero attached hydrogens (tertiary/aromatic N) is 3. The van der Waals surface area contributed by atoms with E-state index in [9.17, 15) is 9.59 Å². The first-order valence-corrected chi connectivity index (χ1v) is 8.41. The Hall–Kier alpha value is -2.63. The number of H-pyrrole nitrogens is 1. The molecule has 2 aliphatic rings. The number of carbonyl (C=O) groups excluding carboxylic acids is 2. The Bertz CT molecular complexity index is 756. The first-order valence-electron chi connectivity index (χ1n) is 8.41. The molecule has 1 N–H and O–H groups in total. The van der Waals surface area contributed by atoms with Gasteiger partial charge in [0.2, 0.25) is 5.91 Å². The van der Waals surface area contributed by atoms with E-state index in [4.69, 9.17) is 0 Å². The molecule has 24 heavy (non-hydrogen) atoms. The normalized spacial score (nSPS) is 20.8. The van der Waals surface area contributed by atoms with Crippen LogP contribution in [0.4, 0.5) is 0 Å². The zero-order valence-electron chi connectivity index (χ0n) is 13.4. The lowest BCUT2D eigenvalue weighted by Gasteiger charge is -2.24. The second kappa shape index (κ2) is 6.11. The van der Waals surface area contributed by atoms with Crippen LogP contribution in [0.3, 0.4) is 0 Å². The standard InChI is InChI=1S/C18H20N4O2/c23-17-6-3-8-22(17)14-7-9-21(12-14)18(24)16-5-2-1-4-15(16)13-10-19-20-11-13/h1-2,4-5,10-11,14H,3,6-9,12H2,(H,19,20).